The Bertz CT molecular complexity index is 1290. The zero-order chi connectivity index (χ0) is 24.9. The third-order valence-electron chi connectivity index (χ3n) is 4.77. The molecule has 0 saturated carbocycles. The van der Waals surface area contributed by atoms with Crippen molar-refractivity contribution in [3.8, 4) is 0 Å². The van der Waals surface area contributed by atoms with E-state index in [-0.39, 0.29) is 27.8 Å². The van der Waals surface area contributed by atoms with Gasteiger partial charge in [-0.2, -0.15) is 0 Å². The molecule has 178 valence electrons. The number of carbonyl (C=O) groups excluding carboxylic acids is 2. The van der Waals surface area contributed by atoms with Crippen LogP contribution < -0.4 is 9.62 Å². The lowest BCUT2D eigenvalue weighted by Crippen LogP contribution is -2.38. The molecule has 0 spiro atoms. The van der Waals surface area contributed by atoms with Crippen LogP contribution in [0.25, 0.3) is 0 Å². The largest absolute Gasteiger partial charge is 0.462 e. The van der Waals surface area contributed by atoms with Gasteiger partial charge >= 0.3 is 5.97 Å². The van der Waals surface area contributed by atoms with Gasteiger partial charge in [-0.05, 0) is 68.4 Å². The molecule has 7 nitrogen and oxygen atoms in total. The van der Waals surface area contributed by atoms with E-state index in [4.69, 9.17) is 27.9 Å². The van der Waals surface area contributed by atoms with E-state index >= 15 is 0 Å². The molecule has 0 aliphatic rings. The van der Waals surface area contributed by atoms with Crippen LogP contribution in [-0.4, -0.2) is 33.4 Å². The van der Waals surface area contributed by atoms with Crippen LogP contribution in [0.5, 0.6) is 0 Å². The Labute approximate surface area is 208 Å². The van der Waals surface area contributed by atoms with Gasteiger partial charge in [-0.15, -0.1) is 0 Å². The number of anilines is 2. The first-order chi connectivity index (χ1) is 16.1. The van der Waals surface area contributed by atoms with Crippen molar-refractivity contribution in [1.29, 1.82) is 0 Å². The Hall–Kier alpha value is -3.07. The number of carbonyl (C=O) groups is 2. The third kappa shape index (κ3) is 6.08. The summed E-state index contributed by atoms with van der Waals surface area (Å²) in [5.74, 6) is -1.16. The number of nitrogens with one attached hydrogen (secondary N) is 1. The molecule has 1 amide bonds. The monoisotopic (exact) mass is 520 g/mol. The van der Waals surface area contributed by atoms with Gasteiger partial charge in [0.25, 0.3) is 10.0 Å². The van der Waals surface area contributed by atoms with Crippen molar-refractivity contribution in [2.24, 2.45) is 0 Å². The second-order valence-corrected chi connectivity index (χ2v) is 9.97. The molecule has 0 aromatic heterocycles. The first-order valence-electron chi connectivity index (χ1n) is 10.2. The number of ether oxygens (including phenoxy) is 1. The van der Waals surface area contributed by atoms with Crippen LogP contribution in [-0.2, 0) is 19.6 Å². The van der Waals surface area contributed by atoms with E-state index in [9.17, 15) is 18.0 Å². The molecule has 0 aliphatic heterocycles. The van der Waals surface area contributed by atoms with Crippen LogP contribution in [0.2, 0.25) is 10.0 Å². The molecule has 34 heavy (non-hydrogen) atoms. The van der Waals surface area contributed by atoms with Crippen LogP contribution >= 0.6 is 23.2 Å². The lowest BCUT2D eigenvalue weighted by Gasteiger charge is -2.24. The van der Waals surface area contributed by atoms with Gasteiger partial charge in [-0.1, -0.05) is 40.9 Å². The summed E-state index contributed by atoms with van der Waals surface area (Å²) < 4.78 is 32.7. The van der Waals surface area contributed by atoms with E-state index < -0.39 is 28.4 Å². The Kier molecular flexibility index (Phi) is 8.19. The predicted octanol–water partition coefficient (Wildman–Crippen LogP) is 5.31. The summed E-state index contributed by atoms with van der Waals surface area (Å²) in [6.07, 6.45) is 0. The first kappa shape index (κ1) is 25.6. The molecule has 0 unspecified atom stereocenters. The number of amides is 1. The molecule has 1 N–H and O–H groups in total. The van der Waals surface area contributed by atoms with Gasteiger partial charge in [0.05, 0.1) is 33.5 Å². The fourth-order valence-corrected chi connectivity index (χ4v) is 4.81. The van der Waals surface area contributed by atoms with Crippen molar-refractivity contribution >= 4 is 56.5 Å². The normalized spacial score (nSPS) is 11.1. The van der Waals surface area contributed by atoms with Crippen LogP contribution in [0.3, 0.4) is 0 Å². The standard InChI is InChI=1S/C24H22Cl2N2O5S/c1-3-33-24(30)17-6-13-22(21(26)14-17)27-23(29)15-28(19-9-4-16(2)5-10-19)34(31,32)20-11-7-18(25)8-12-20/h4-14H,3,15H2,1-2H3,(H,27,29). The molecule has 0 aliphatic carbocycles. The van der Waals surface area contributed by atoms with Crippen molar-refractivity contribution in [2.75, 3.05) is 22.8 Å². The van der Waals surface area contributed by atoms with Crippen LogP contribution in [0.4, 0.5) is 11.4 Å². The number of hydrogen-bond donors (Lipinski definition) is 1. The quantitative estimate of drug-likeness (QED) is 0.406. The topological polar surface area (TPSA) is 92.8 Å². The molecule has 10 heteroatoms. The molecule has 0 heterocycles. The average molecular weight is 521 g/mol. The van der Waals surface area contributed by atoms with Gasteiger partial charge in [0.2, 0.25) is 5.91 Å². The van der Waals surface area contributed by atoms with Crippen LogP contribution in [0.15, 0.2) is 71.6 Å². The van der Waals surface area contributed by atoms with E-state index in [0.29, 0.717) is 10.7 Å². The van der Waals surface area contributed by atoms with Crippen molar-refractivity contribution in [3.05, 3.63) is 87.9 Å². The Morgan fingerprint density at radius 3 is 2.21 bits per heavy atom. The minimum absolute atomic E-state index is 0.0119. The van der Waals surface area contributed by atoms with Gasteiger partial charge in [0, 0.05) is 5.02 Å². The van der Waals surface area contributed by atoms with Crippen molar-refractivity contribution < 1.29 is 22.7 Å². The van der Waals surface area contributed by atoms with Gasteiger partial charge in [-0.3, -0.25) is 9.10 Å². The van der Waals surface area contributed by atoms with E-state index in [1.54, 1.807) is 31.2 Å². The van der Waals surface area contributed by atoms with Gasteiger partial charge in [-0.25, -0.2) is 13.2 Å². The highest BCUT2D eigenvalue weighted by Crippen LogP contribution is 2.27. The van der Waals surface area contributed by atoms with E-state index in [1.165, 1.54) is 42.5 Å². The van der Waals surface area contributed by atoms with Gasteiger partial charge < -0.3 is 10.1 Å². The fraction of sp³-hybridized carbons (Fsp3) is 0.167. The molecule has 3 aromatic rings. The summed E-state index contributed by atoms with van der Waals surface area (Å²) in [6.45, 7) is 3.26. The zero-order valence-electron chi connectivity index (χ0n) is 18.4. The maximum absolute atomic E-state index is 13.4. The highest BCUT2D eigenvalue weighted by Gasteiger charge is 2.27. The minimum Gasteiger partial charge on any atom is -0.462 e. The first-order valence-corrected chi connectivity index (χ1v) is 12.4. The lowest BCUT2D eigenvalue weighted by atomic mass is 10.2. The molecule has 0 saturated heterocycles. The van der Waals surface area contributed by atoms with Crippen molar-refractivity contribution in [2.45, 2.75) is 18.7 Å². The summed E-state index contributed by atoms with van der Waals surface area (Å²) in [4.78, 5) is 24.7. The summed E-state index contributed by atoms with van der Waals surface area (Å²) in [6, 6.07) is 16.7. The smallest absolute Gasteiger partial charge is 0.338 e. The summed E-state index contributed by atoms with van der Waals surface area (Å²) in [5.41, 5.74) is 1.72. The molecule has 0 bridgehead atoms. The van der Waals surface area contributed by atoms with Crippen LogP contribution in [0, 0.1) is 6.92 Å². The predicted molar refractivity (Wildman–Crippen MR) is 133 cm³/mol. The Morgan fingerprint density at radius 1 is 0.971 bits per heavy atom. The number of esters is 1. The molecular formula is C24H22Cl2N2O5S. The maximum Gasteiger partial charge on any atom is 0.338 e. The van der Waals surface area contributed by atoms with Gasteiger partial charge in [0.1, 0.15) is 6.54 Å². The second kappa shape index (κ2) is 10.9. The number of benzene rings is 3. The zero-order valence-corrected chi connectivity index (χ0v) is 20.7. The molecule has 0 radical (unpaired) electrons. The summed E-state index contributed by atoms with van der Waals surface area (Å²) in [7, 11) is -4.09. The highest BCUT2D eigenvalue weighted by atomic mass is 35.5. The lowest BCUT2D eigenvalue weighted by molar-refractivity contribution is -0.114. The molecule has 0 atom stereocenters. The number of sulfonamides is 1. The summed E-state index contributed by atoms with van der Waals surface area (Å²) in [5, 5.41) is 3.10. The summed E-state index contributed by atoms with van der Waals surface area (Å²) >= 11 is 12.1. The van der Waals surface area contributed by atoms with Crippen molar-refractivity contribution in [1.82, 2.24) is 0 Å². The average Bonchev–Trinajstić information content (AvgIpc) is 2.80. The number of hydrogen-bond acceptors (Lipinski definition) is 5. The maximum atomic E-state index is 13.4. The highest BCUT2D eigenvalue weighted by molar-refractivity contribution is 7.92. The van der Waals surface area contributed by atoms with E-state index in [1.807, 2.05) is 6.92 Å². The van der Waals surface area contributed by atoms with E-state index in [0.717, 1.165) is 9.87 Å². The number of rotatable bonds is 8. The molecule has 0 fully saturated rings. The molecule has 3 rings (SSSR count). The molecule has 3 aromatic carbocycles. The van der Waals surface area contributed by atoms with Crippen LogP contribution in [0.1, 0.15) is 22.8 Å². The SMILES string of the molecule is CCOC(=O)c1ccc(NC(=O)CN(c2ccc(C)cc2)S(=O)(=O)c2ccc(Cl)cc2)c(Cl)c1. The third-order valence-corrected chi connectivity index (χ3v) is 7.12. The number of nitrogens with zero attached hydrogens (tertiary/aromatic N) is 1. The Morgan fingerprint density at radius 2 is 1.62 bits per heavy atom. The van der Waals surface area contributed by atoms with Gasteiger partial charge in [0.15, 0.2) is 0 Å². The Balaban J connectivity index is 1.88. The van der Waals surface area contributed by atoms with Crippen molar-refractivity contribution in [3.63, 3.8) is 0 Å². The second-order valence-electron chi connectivity index (χ2n) is 7.26. The number of aryl methyl sites for hydroxylation is 1. The molecular weight excluding hydrogens is 499 g/mol. The van der Waals surface area contributed by atoms with E-state index in [2.05, 4.69) is 5.32 Å². The number of halogens is 2. The minimum atomic E-state index is -4.09. The fourth-order valence-electron chi connectivity index (χ4n) is 3.04.